The Bertz CT molecular complexity index is 996. The largest absolute Gasteiger partial charge is 0.494 e. The average molecular weight is 404 g/mol. The molecule has 0 saturated carbocycles. The fraction of sp³-hybridized carbons (Fsp3) is 0.150. The molecule has 1 amide bonds. The van der Waals surface area contributed by atoms with Gasteiger partial charge in [-0.15, -0.1) is 0 Å². The Balaban J connectivity index is 1.80. The smallest absolute Gasteiger partial charge is 0.471 e. The molecule has 1 heterocycles. The summed E-state index contributed by atoms with van der Waals surface area (Å²) in [6, 6.07) is 12.4. The maximum atomic E-state index is 12.4. The van der Waals surface area contributed by atoms with E-state index >= 15 is 0 Å². The van der Waals surface area contributed by atoms with Crippen LogP contribution in [-0.2, 0) is 14.3 Å². The number of rotatable bonds is 5. The minimum Gasteiger partial charge on any atom is -0.494 e. The molecule has 0 aliphatic carbocycles. The number of nitrogens with zero attached hydrogens (tertiary/aromatic N) is 1. The Morgan fingerprint density at radius 3 is 2.59 bits per heavy atom. The number of cyclic esters (lactones) is 1. The van der Waals surface area contributed by atoms with Crippen LogP contribution in [0, 0.1) is 0 Å². The van der Waals surface area contributed by atoms with Gasteiger partial charge in [-0.05, 0) is 55.0 Å². The molecular weight excluding hydrogens is 389 g/mol. The zero-order valence-electron chi connectivity index (χ0n) is 15.1. The van der Waals surface area contributed by atoms with Crippen LogP contribution >= 0.6 is 0 Å². The molecule has 0 aromatic heterocycles. The predicted molar refractivity (Wildman–Crippen MR) is 99.3 cm³/mol. The van der Waals surface area contributed by atoms with Crippen molar-refractivity contribution in [2.45, 2.75) is 13.1 Å². The lowest BCUT2D eigenvalue weighted by atomic mass is 10.1. The van der Waals surface area contributed by atoms with Crippen molar-refractivity contribution >= 4 is 29.5 Å². The number of carbonyl (C=O) groups is 2. The zero-order chi connectivity index (χ0) is 21.0. The third-order valence-corrected chi connectivity index (χ3v) is 3.74. The first kappa shape index (κ1) is 20.1. The molecule has 0 spiro atoms. The van der Waals surface area contributed by atoms with E-state index in [4.69, 9.17) is 9.47 Å². The molecule has 9 heteroatoms. The van der Waals surface area contributed by atoms with E-state index in [9.17, 15) is 22.8 Å². The van der Waals surface area contributed by atoms with E-state index in [1.807, 2.05) is 6.92 Å². The Hall–Kier alpha value is -3.62. The van der Waals surface area contributed by atoms with Gasteiger partial charge >= 0.3 is 18.1 Å². The van der Waals surface area contributed by atoms with Crippen LogP contribution < -0.4 is 10.1 Å². The van der Waals surface area contributed by atoms with Crippen LogP contribution in [-0.4, -0.2) is 30.6 Å². The van der Waals surface area contributed by atoms with Crippen LogP contribution in [0.4, 0.5) is 18.9 Å². The molecule has 0 radical (unpaired) electrons. The topological polar surface area (TPSA) is 77.0 Å². The first-order chi connectivity index (χ1) is 13.8. The summed E-state index contributed by atoms with van der Waals surface area (Å²) < 4.78 is 47.6. The van der Waals surface area contributed by atoms with Crippen LogP contribution in [0.2, 0.25) is 0 Å². The van der Waals surface area contributed by atoms with Crippen molar-refractivity contribution in [3.63, 3.8) is 0 Å². The van der Waals surface area contributed by atoms with Gasteiger partial charge in [0.25, 0.3) is 0 Å². The maximum Gasteiger partial charge on any atom is 0.471 e. The van der Waals surface area contributed by atoms with E-state index in [1.165, 1.54) is 24.3 Å². The van der Waals surface area contributed by atoms with Gasteiger partial charge in [0, 0.05) is 11.3 Å². The standard InChI is InChI=1S/C20H15F3N2O4/c1-2-28-15-8-6-13(7-9-15)17-25-16(18(26)29-17)11-12-4-3-5-14(10-12)24-19(27)20(21,22)23/h3-11H,2H2,1H3,(H,24,27)/b16-11-. The highest BCUT2D eigenvalue weighted by Gasteiger charge is 2.38. The molecule has 3 rings (SSSR count). The highest BCUT2D eigenvalue weighted by molar-refractivity contribution is 6.12. The van der Waals surface area contributed by atoms with Crippen molar-refractivity contribution in [2.75, 3.05) is 11.9 Å². The number of hydrogen-bond donors (Lipinski definition) is 1. The minimum atomic E-state index is -5.00. The molecule has 29 heavy (non-hydrogen) atoms. The molecule has 0 bridgehead atoms. The highest BCUT2D eigenvalue weighted by Crippen LogP contribution is 2.23. The van der Waals surface area contributed by atoms with Crippen LogP contribution in [0.1, 0.15) is 18.1 Å². The Labute approximate surface area is 163 Å². The third kappa shape index (κ3) is 5.01. The maximum absolute atomic E-state index is 12.4. The van der Waals surface area contributed by atoms with Gasteiger partial charge < -0.3 is 14.8 Å². The number of alkyl halides is 3. The summed E-state index contributed by atoms with van der Waals surface area (Å²) in [5.41, 5.74) is 0.849. The van der Waals surface area contributed by atoms with Gasteiger partial charge in [-0.25, -0.2) is 9.79 Å². The second kappa shape index (κ2) is 8.17. The minimum absolute atomic E-state index is 0.0202. The van der Waals surface area contributed by atoms with Gasteiger partial charge in [0.1, 0.15) is 5.75 Å². The second-order valence-electron chi connectivity index (χ2n) is 5.87. The SMILES string of the molecule is CCOc1ccc(C2=N/C(=C\c3cccc(NC(=O)C(F)(F)F)c3)C(=O)O2)cc1. The number of carbonyl (C=O) groups excluding carboxylic acids is 2. The van der Waals surface area contributed by atoms with E-state index in [2.05, 4.69) is 4.99 Å². The molecule has 1 aliphatic heterocycles. The molecule has 1 N–H and O–H groups in total. The highest BCUT2D eigenvalue weighted by atomic mass is 19.4. The predicted octanol–water partition coefficient (Wildman–Crippen LogP) is 3.93. The van der Waals surface area contributed by atoms with Crippen molar-refractivity contribution in [3.05, 3.63) is 65.4 Å². The molecule has 0 atom stereocenters. The van der Waals surface area contributed by atoms with Crippen molar-refractivity contribution in [3.8, 4) is 5.75 Å². The first-order valence-corrected chi connectivity index (χ1v) is 8.50. The van der Waals surface area contributed by atoms with E-state index in [0.29, 0.717) is 23.5 Å². The van der Waals surface area contributed by atoms with E-state index in [-0.39, 0.29) is 17.3 Å². The van der Waals surface area contributed by atoms with Crippen molar-refractivity contribution < 1.29 is 32.2 Å². The summed E-state index contributed by atoms with van der Waals surface area (Å²) in [4.78, 5) is 27.3. The Morgan fingerprint density at radius 1 is 1.21 bits per heavy atom. The summed E-state index contributed by atoms with van der Waals surface area (Å²) >= 11 is 0. The number of amides is 1. The quantitative estimate of drug-likeness (QED) is 0.605. The molecule has 6 nitrogen and oxygen atoms in total. The normalized spacial score (nSPS) is 15.1. The monoisotopic (exact) mass is 404 g/mol. The summed E-state index contributed by atoms with van der Waals surface area (Å²) in [6.45, 7) is 2.38. The van der Waals surface area contributed by atoms with Crippen molar-refractivity contribution in [1.29, 1.82) is 0 Å². The summed E-state index contributed by atoms with van der Waals surface area (Å²) in [6.07, 6.45) is -3.65. The van der Waals surface area contributed by atoms with Crippen LogP contribution in [0.15, 0.2) is 59.2 Å². The van der Waals surface area contributed by atoms with Gasteiger partial charge in [-0.1, -0.05) is 12.1 Å². The second-order valence-corrected chi connectivity index (χ2v) is 5.87. The third-order valence-electron chi connectivity index (χ3n) is 3.74. The number of aliphatic imine (C=N–C) groups is 1. The van der Waals surface area contributed by atoms with Crippen LogP contribution in [0.25, 0.3) is 6.08 Å². The van der Waals surface area contributed by atoms with E-state index in [0.717, 1.165) is 0 Å². The fourth-order valence-electron chi connectivity index (χ4n) is 2.46. The number of nitrogens with one attached hydrogen (secondary N) is 1. The number of anilines is 1. The van der Waals surface area contributed by atoms with Gasteiger partial charge in [0.15, 0.2) is 5.70 Å². The van der Waals surface area contributed by atoms with E-state index in [1.54, 1.807) is 35.6 Å². The molecule has 0 unspecified atom stereocenters. The molecule has 2 aromatic carbocycles. The van der Waals surface area contributed by atoms with Crippen LogP contribution in [0.3, 0.4) is 0 Å². The number of halogens is 3. The van der Waals surface area contributed by atoms with Crippen molar-refractivity contribution in [1.82, 2.24) is 0 Å². The number of ether oxygens (including phenoxy) is 2. The number of hydrogen-bond acceptors (Lipinski definition) is 5. The van der Waals surface area contributed by atoms with E-state index < -0.39 is 18.1 Å². The summed E-state index contributed by atoms with van der Waals surface area (Å²) in [5.74, 6) is -2.02. The van der Waals surface area contributed by atoms with Gasteiger partial charge in [0.2, 0.25) is 5.90 Å². The Kier molecular flexibility index (Phi) is 5.67. The van der Waals surface area contributed by atoms with Gasteiger partial charge in [-0.2, -0.15) is 13.2 Å². The lowest BCUT2D eigenvalue weighted by molar-refractivity contribution is -0.167. The molecule has 0 saturated heterocycles. The molecule has 0 fully saturated rings. The molecular formula is C20H15F3N2O4. The lowest BCUT2D eigenvalue weighted by Gasteiger charge is -2.08. The van der Waals surface area contributed by atoms with Gasteiger partial charge in [0.05, 0.1) is 6.61 Å². The average Bonchev–Trinajstić information content (AvgIpc) is 3.02. The van der Waals surface area contributed by atoms with Gasteiger partial charge in [-0.3, -0.25) is 4.79 Å². The number of benzene rings is 2. The molecule has 1 aliphatic rings. The van der Waals surface area contributed by atoms with Crippen molar-refractivity contribution in [2.24, 2.45) is 4.99 Å². The summed E-state index contributed by atoms with van der Waals surface area (Å²) in [7, 11) is 0. The Morgan fingerprint density at radius 2 is 1.93 bits per heavy atom. The first-order valence-electron chi connectivity index (χ1n) is 8.50. The lowest BCUT2D eigenvalue weighted by Crippen LogP contribution is -2.29. The fourth-order valence-corrected chi connectivity index (χ4v) is 2.46. The molecule has 2 aromatic rings. The van der Waals surface area contributed by atoms with Crippen LogP contribution in [0.5, 0.6) is 5.75 Å². The number of esters is 1. The summed E-state index contributed by atoms with van der Waals surface area (Å²) in [5, 5.41) is 1.75. The molecule has 150 valence electrons. The zero-order valence-corrected chi connectivity index (χ0v) is 15.1.